The summed E-state index contributed by atoms with van der Waals surface area (Å²) in [6.45, 7) is 0. The van der Waals surface area contributed by atoms with E-state index >= 15 is 0 Å². The van der Waals surface area contributed by atoms with Gasteiger partial charge in [0.25, 0.3) is 11.8 Å². The number of halogens is 4. The Morgan fingerprint density at radius 3 is 1.94 bits per heavy atom. The summed E-state index contributed by atoms with van der Waals surface area (Å²) in [6, 6.07) is 33.6. The molecule has 0 aliphatic rings. The minimum atomic E-state index is -4.65. The normalized spacial score (nSPS) is 12.1. The van der Waals surface area contributed by atoms with Crippen molar-refractivity contribution in [1.29, 1.82) is 0 Å². The van der Waals surface area contributed by atoms with Crippen molar-refractivity contribution >= 4 is 46.9 Å². The Morgan fingerprint density at radius 1 is 0.688 bits per heavy atom. The van der Waals surface area contributed by atoms with Crippen LogP contribution in [0.4, 0.5) is 28.9 Å². The maximum Gasteiger partial charge on any atom is 0.418 e. The van der Waals surface area contributed by atoms with Crippen LogP contribution in [0.15, 0.2) is 144 Å². The molecule has 11 heteroatoms. The van der Waals surface area contributed by atoms with Gasteiger partial charge < -0.3 is 16.0 Å². The van der Waals surface area contributed by atoms with Gasteiger partial charge in [0.2, 0.25) is 5.91 Å². The highest BCUT2D eigenvalue weighted by Crippen LogP contribution is 2.39. The second-order valence-electron chi connectivity index (χ2n) is 10.3. The van der Waals surface area contributed by atoms with Gasteiger partial charge in [0.1, 0.15) is 16.8 Å². The van der Waals surface area contributed by atoms with Crippen LogP contribution >= 0.6 is 11.8 Å². The molecule has 0 bridgehead atoms. The Labute approximate surface area is 277 Å². The molecule has 0 aliphatic carbocycles. The Morgan fingerprint density at radius 2 is 1.29 bits per heavy atom. The highest BCUT2D eigenvalue weighted by Gasteiger charge is 2.34. The summed E-state index contributed by atoms with van der Waals surface area (Å²) in [6.07, 6.45) is -3.24. The van der Waals surface area contributed by atoms with Crippen molar-refractivity contribution in [2.45, 2.75) is 16.3 Å². The van der Waals surface area contributed by atoms with Crippen molar-refractivity contribution in [2.75, 3.05) is 10.6 Å². The van der Waals surface area contributed by atoms with Crippen LogP contribution in [-0.2, 0) is 15.8 Å². The number of rotatable bonds is 10. The molecule has 0 radical (unpaired) electrons. The third-order valence-electron chi connectivity index (χ3n) is 6.91. The lowest BCUT2D eigenvalue weighted by atomic mass is 10.1. The van der Waals surface area contributed by atoms with Crippen molar-refractivity contribution in [3.63, 3.8) is 0 Å². The van der Waals surface area contributed by atoms with E-state index in [1.165, 1.54) is 48.5 Å². The Balaban J connectivity index is 1.34. The van der Waals surface area contributed by atoms with E-state index in [4.69, 9.17) is 0 Å². The molecule has 5 aromatic carbocycles. The molecule has 242 valence electrons. The van der Waals surface area contributed by atoms with Gasteiger partial charge in [-0.3, -0.25) is 14.4 Å². The monoisotopic (exact) mass is 669 g/mol. The topological polar surface area (TPSA) is 87.3 Å². The fourth-order valence-electron chi connectivity index (χ4n) is 4.56. The van der Waals surface area contributed by atoms with E-state index in [-0.39, 0.29) is 11.4 Å². The highest BCUT2D eigenvalue weighted by molar-refractivity contribution is 8.00. The second kappa shape index (κ2) is 15.3. The van der Waals surface area contributed by atoms with Gasteiger partial charge in [0.05, 0.1) is 11.3 Å². The molecule has 0 saturated carbocycles. The van der Waals surface area contributed by atoms with Crippen LogP contribution < -0.4 is 16.0 Å². The average molecular weight is 670 g/mol. The molecule has 0 aliphatic heterocycles. The Bertz CT molecular complexity index is 1920. The number of carbonyl (C=O) groups excluding carboxylic acids is 3. The number of hydrogen-bond acceptors (Lipinski definition) is 4. The second-order valence-corrected chi connectivity index (χ2v) is 11.5. The van der Waals surface area contributed by atoms with E-state index in [9.17, 15) is 31.9 Å². The van der Waals surface area contributed by atoms with E-state index in [0.717, 1.165) is 17.8 Å². The van der Waals surface area contributed by atoms with Crippen LogP contribution in [-0.4, -0.2) is 17.7 Å². The molecule has 5 rings (SSSR count). The van der Waals surface area contributed by atoms with Gasteiger partial charge in [-0.25, -0.2) is 4.39 Å². The fraction of sp³-hybridized carbons (Fsp3) is 0.0541. The predicted molar refractivity (Wildman–Crippen MR) is 178 cm³/mol. The molecule has 1 unspecified atom stereocenters. The summed E-state index contributed by atoms with van der Waals surface area (Å²) < 4.78 is 54.2. The quantitative estimate of drug-likeness (QED) is 0.0789. The van der Waals surface area contributed by atoms with Gasteiger partial charge in [-0.2, -0.15) is 13.2 Å². The lowest BCUT2D eigenvalue weighted by Gasteiger charge is -2.19. The zero-order valence-electron chi connectivity index (χ0n) is 25.0. The van der Waals surface area contributed by atoms with Crippen molar-refractivity contribution in [2.24, 2.45) is 0 Å². The lowest BCUT2D eigenvalue weighted by molar-refractivity contribution is -0.137. The fourth-order valence-corrected chi connectivity index (χ4v) is 5.58. The van der Waals surface area contributed by atoms with Crippen LogP contribution in [0.1, 0.15) is 32.3 Å². The predicted octanol–water partition coefficient (Wildman–Crippen LogP) is 8.73. The Kier molecular flexibility index (Phi) is 10.7. The van der Waals surface area contributed by atoms with Crippen LogP contribution in [0.2, 0.25) is 0 Å². The number of carbonyl (C=O) groups is 3. The minimum Gasteiger partial charge on any atom is -0.324 e. The first-order chi connectivity index (χ1) is 23.1. The van der Waals surface area contributed by atoms with Gasteiger partial charge in [-0.05, 0) is 77.9 Å². The maximum atomic E-state index is 13.6. The lowest BCUT2D eigenvalue weighted by Crippen LogP contribution is -2.30. The molecule has 1 atom stereocenters. The van der Waals surface area contributed by atoms with Gasteiger partial charge in [0, 0.05) is 16.1 Å². The molecular weight excluding hydrogens is 642 g/mol. The molecule has 3 amide bonds. The van der Waals surface area contributed by atoms with Crippen molar-refractivity contribution in [3.8, 4) is 0 Å². The number of anilines is 2. The summed E-state index contributed by atoms with van der Waals surface area (Å²) in [5.74, 6) is -2.27. The summed E-state index contributed by atoms with van der Waals surface area (Å²) in [4.78, 5) is 40.3. The third-order valence-corrected chi connectivity index (χ3v) is 8.17. The largest absolute Gasteiger partial charge is 0.418 e. The van der Waals surface area contributed by atoms with Gasteiger partial charge in [-0.1, -0.05) is 72.8 Å². The highest BCUT2D eigenvalue weighted by atomic mass is 32.2. The van der Waals surface area contributed by atoms with Gasteiger partial charge in [-0.15, -0.1) is 11.8 Å². The molecule has 0 heterocycles. The molecule has 48 heavy (non-hydrogen) atoms. The summed E-state index contributed by atoms with van der Waals surface area (Å²) in [7, 11) is 0. The molecule has 6 nitrogen and oxygen atoms in total. The molecule has 0 aromatic heterocycles. The van der Waals surface area contributed by atoms with E-state index in [1.54, 1.807) is 84.9 Å². The number of thioether (sulfide) groups is 1. The van der Waals surface area contributed by atoms with E-state index < -0.39 is 40.5 Å². The number of alkyl halides is 3. The van der Waals surface area contributed by atoms with Crippen LogP contribution in [0, 0.1) is 5.82 Å². The molecular formula is C37H27F4N3O3S. The maximum absolute atomic E-state index is 13.6. The molecule has 5 aromatic rings. The molecule has 0 spiro atoms. The molecule has 3 N–H and O–H groups in total. The summed E-state index contributed by atoms with van der Waals surface area (Å²) >= 11 is 1.12. The van der Waals surface area contributed by atoms with E-state index in [2.05, 4.69) is 16.0 Å². The third kappa shape index (κ3) is 8.98. The number of hydrogen-bond donors (Lipinski definition) is 3. The van der Waals surface area contributed by atoms with Crippen LogP contribution in [0.25, 0.3) is 6.08 Å². The SMILES string of the molecule is O=C(Nc1ccc(SC(C(=O)Nc2ccccc2C(F)(F)F)c2ccccc2)cc1)/C(=C/c1ccc(F)cc1)NC(=O)c1ccccc1. The van der Waals surface area contributed by atoms with E-state index in [1.807, 2.05) is 0 Å². The van der Waals surface area contributed by atoms with Gasteiger partial charge >= 0.3 is 6.18 Å². The Hall–Kier alpha value is -5.68. The van der Waals surface area contributed by atoms with Crippen molar-refractivity contribution < 1.29 is 31.9 Å². The molecule has 0 saturated heterocycles. The smallest absolute Gasteiger partial charge is 0.324 e. The first-order valence-electron chi connectivity index (χ1n) is 14.5. The average Bonchev–Trinajstić information content (AvgIpc) is 3.09. The van der Waals surface area contributed by atoms with Crippen LogP contribution in [0.5, 0.6) is 0 Å². The molecule has 0 fully saturated rings. The number of amides is 3. The zero-order chi connectivity index (χ0) is 34.1. The van der Waals surface area contributed by atoms with Crippen LogP contribution in [0.3, 0.4) is 0 Å². The number of para-hydroxylation sites is 1. The van der Waals surface area contributed by atoms with Crippen molar-refractivity contribution in [3.05, 3.63) is 167 Å². The van der Waals surface area contributed by atoms with Gasteiger partial charge in [0.15, 0.2) is 0 Å². The van der Waals surface area contributed by atoms with Crippen molar-refractivity contribution in [1.82, 2.24) is 5.32 Å². The first-order valence-corrected chi connectivity index (χ1v) is 15.4. The summed E-state index contributed by atoms with van der Waals surface area (Å²) in [5.41, 5.74) is 0.352. The first kappa shape index (κ1) is 33.7. The van der Waals surface area contributed by atoms with E-state index in [0.29, 0.717) is 27.3 Å². The summed E-state index contributed by atoms with van der Waals surface area (Å²) in [5, 5.41) is 6.87. The zero-order valence-corrected chi connectivity index (χ0v) is 25.8. The minimum absolute atomic E-state index is 0.0890. The number of benzene rings is 5. The standard InChI is InChI=1S/C37H27F4N3O3S/c38-27-17-15-24(16-18-27)23-32(44-34(45)26-11-5-2-6-12-26)35(46)42-28-19-21-29(22-20-28)48-33(25-9-3-1-4-10-25)36(47)43-31-14-8-7-13-30(31)37(39,40)41/h1-23,33H,(H,42,46)(H,43,47)(H,44,45)/b32-23-. The number of nitrogens with one attached hydrogen (secondary N) is 3.